The lowest BCUT2D eigenvalue weighted by Crippen LogP contribution is -2.44. The van der Waals surface area contributed by atoms with Gasteiger partial charge < -0.3 is 4.74 Å². The SMILES string of the molecule is CCOC(=O)CN1C(=O)C(Cl)(Cl)CCc2ccccc21. The first-order chi connectivity index (χ1) is 9.45. The average molecular weight is 316 g/mol. The van der Waals surface area contributed by atoms with Gasteiger partial charge in [0.15, 0.2) is 4.33 Å². The normalized spacial score (nSPS) is 17.4. The van der Waals surface area contributed by atoms with Gasteiger partial charge >= 0.3 is 5.97 Å². The number of hydrogen-bond donors (Lipinski definition) is 0. The molecule has 0 atom stereocenters. The molecule has 0 radical (unpaired) electrons. The molecule has 20 heavy (non-hydrogen) atoms. The molecule has 1 aliphatic heterocycles. The first-order valence-corrected chi connectivity index (χ1v) is 7.14. The highest BCUT2D eigenvalue weighted by molar-refractivity contribution is 6.59. The fourth-order valence-corrected chi connectivity index (χ4v) is 2.58. The summed E-state index contributed by atoms with van der Waals surface area (Å²) in [6, 6.07) is 7.36. The number of halogens is 2. The zero-order chi connectivity index (χ0) is 14.8. The van der Waals surface area contributed by atoms with Crippen molar-refractivity contribution in [3.8, 4) is 0 Å². The van der Waals surface area contributed by atoms with Crippen LogP contribution in [0.1, 0.15) is 18.9 Å². The van der Waals surface area contributed by atoms with Gasteiger partial charge in [0.05, 0.1) is 6.61 Å². The number of benzene rings is 1. The van der Waals surface area contributed by atoms with Gasteiger partial charge in [0, 0.05) is 5.69 Å². The molecule has 0 unspecified atom stereocenters. The summed E-state index contributed by atoms with van der Waals surface area (Å²) in [6.07, 6.45) is 0.888. The average Bonchev–Trinajstić information content (AvgIpc) is 2.50. The molecular weight excluding hydrogens is 301 g/mol. The van der Waals surface area contributed by atoms with Crippen molar-refractivity contribution in [2.24, 2.45) is 0 Å². The Labute approximate surface area is 127 Å². The van der Waals surface area contributed by atoms with Crippen LogP contribution in [0.25, 0.3) is 0 Å². The molecule has 108 valence electrons. The second-order valence-electron chi connectivity index (χ2n) is 4.53. The van der Waals surface area contributed by atoms with Crippen LogP contribution in [0, 0.1) is 0 Å². The molecule has 4 nitrogen and oxygen atoms in total. The van der Waals surface area contributed by atoms with E-state index in [1.807, 2.05) is 12.1 Å². The first kappa shape index (κ1) is 15.1. The molecule has 2 rings (SSSR count). The number of para-hydroxylation sites is 1. The fraction of sp³-hybridized carbons (Fsp3) is 0.429. The van der Waals surface area contributed by atoms with E-state index in [9.17, 15) is 9.59 Å². The molecule has 1 amide bonds. The van der Waals surface area contributed by atoms with Gasteiger partial charge in [0.2, 0.25) is 0 Å². The van der Waals surface area contributed by atoms with Crippen LogP contribution in [0.5, 0.6) is 0 Å². The highest BCUT2D eigenvalue weighted by Gasteiger charge is 2.41. The minimum atomic E-state index is -1.52. The minimum absolute atomic E-state index is 0.190. The summed E-state index contributed by atoms with van der Waals surface area (Å²) >= 11 is 12.2. The molecule has 0 aliphatic carbocycles. The van der Waals surface area contributed by atoms with Gasteiger partial charge in [-0.2, -0.15) is 0 Å². The number of nitrogens with zero attached hydrogens (tertiary/aromatic N) is 1. The van der Waals surface area contributed by atoms with Crippen molar-refractivity contribution in [1.82, 2.24) is 0 Å². The van der Waals surface area contributed by atoms with Crippen LogP contribution in [0.15, 0.2) is 24.3 Å². The number of hydrogen-bond acceptors (Lipinski definition) is 3. The second kappa shape index (κ2) is 6.02. The summed E-state index contributed by atoms with van der Waals surface area (Å²) in [5.74, 6) is -0.972. The third kappa shape index (κ3) is 3.07. The zero-order valence-electron chi connectivity index (χ0n) is 11.1. The molecule has 1 aromatic carbocycles. The number of carbonyl (C=O) groups is 2. The number of aryl methyl sites for hydroxylation is 1. The van der Waals surface area contributed by atoms with E-state index in [-0.39, 0.29) is 13.2 Å². The third-order valence-electron chi connectivity index (χ3n) is 3.14. The van der Waals surface area contributed by atoms with Crippen LogP contribution in [0.3, 0.4) is 0 Å². The second-order valence-corrected chi connectivity index (χ2v) is 6.01. The predicted octanol–water partition coefficient (Wildman–Crippen LogP) is 2.70. The molecule has 1 heterocycles. The number of alkyl halides is 2. The van der Waals surface area contributed by atoms with E-state index in [4.69, 9.17) is 27.9 Å². The van der Waals surface area contributed by atoms with Crippen molar-refractivity contribution < 1.29 is 14.3 Å². The molecule has 0 spiro atoms. The van der Waals surface area contributed by atoms with Crippen LogP contribution in [0.4, 0.5) is 5.69 Å². The van der Waals surface area contributed by atoms with Gasteiger partial charge in [0.1, 0.15) is 6.54 Å². The highest BCUT2D eigenvalue weighted by atomic mass is 35.5. The Morgan fingerprint density at radius 1 is 1.40 bits per heavy atom. The van der Waals surface area contributed by atoms with Gasteiger partial charge in [-0.25, -0.2) is 0 Å². The van der Waals surface area contributed by atoms with Crippen molar-refractivity contribution in [2.45, 2.75) is 24.1 Å². The summed E-state index contributed by atoms with van der Waals surface area (Å²) < 4.78 is 3.38. The Bertz CT molecular complexity index is 531. The van der Waals surface area contributed by atoms with E-state index >= 15 is 0 Å². The van der Waals surface area contributed by atoms with Gasteiger partial charge in [-0.3, -0.25) is 14.5 Å². The number of carbonyl (C=O) groups excluding carboxylic acids is 2. The number of anilines is 1. The molecule has 0 N–H and O–H groups in total. The summed E-state index contributed by atoms with van der Waals surface area (Å²) in [5, 5.41) is 0. The quantitative estimate of drug-likeness (QED) is 0.636. The van der Waals surface area contributed by atoms with Crippen LogP contribution >= 0.6 is 23.2 Å². The first-order valence-electron chi connectivity index (χ1n) is 6.39. The topological polar surface area (TPSA) is 46.6 Å². The Kier molecular flexibility index (Phi) is 4.55. The molecule has 0 bridgehead atoms. The summed E-state index contributed by atoms with van der Waals surface area (Å²) in [4.78, 5) is 25.4. The number of rotatable bonds is 3. The van der Waals surface area contributed by atoms with E-state index < -0.39 is 16.2 Å². The Morgan fingerprint density at radius 3 is 2.80 bits per heavy atom. The van der Waals surface area contributed by atoms with E-state index in [1.165, 1.54) is 4.90 Å². The monoisotopic (exact) mass is 315 g/mol. The molecule has 1 aromatic rings. The maximum Gasteiger partial charge on any atom is 0.326 e. The molecule has 0 fully saturated rings. The Hall–Kier alpha value is -1.26. The fourth-order valence-electron chi connectivity index (χ4n) is 2.18. The standard InChI is InChI=1S/C14H15Cl2NO3/c1-2-20-12(18)9-17-11-6-4-3-5-10(11)7-8-14(15,16)13(17)19/h3-6H,2,7-9H2,1H3. The van der Waals surface area contributed by atoms with Crippen LogP contribution in [-0.4, -0.2) is 29.4 Å². The van der Waals surface area contributed by atoms with E-state index in [1.54, 1.807) is 19.1 Å². The maximum absolute atomic E-state index is 12.4. The minimum Gasteiger partial charge on any atom is -0.465 e. The molecule has 0 saturated heterocycles. The Morgan fingerprint density at radius 2 is 2.10 bits per heavy atom. The molecule has 0 saturated carbocycles. The van der Waals surface area contributed by atoms with Crippen molar-refractivity contribution >= 4 is 40.8 Å². The van der Waals surface area contributed by atoms with Crippen LogP contribution in [0.2, 0.25) is 0 Å². The van der Waals surface area contributed by atoms with Crippen LogP contribution in [-0.2, 0) is 20.7 Å². The van der Waals surface area contributed by atoms with Crippen LogP contribution < -0.4 is 4.90 Å². The van der Waals surface area contributed by atoms with Crippen molar-refractivity contribution in [3.05, 3.63) is 29.8 Å². The van der Waals surface area contributed by atoms with Crippen molar-refractivity contribution in [3.63, 3.8) is 0 Å². The van der Waals surface area contributed by atoms with Crippen molar-refractivity contribution in [2.75, 3.05) is 18.1 Å². The summed E-state index contributed by atoms with van der Waals surface area (Å²) in [6.45, 7) is 1.78. The maximum atomic E-state index is 12.4. The lowest BCUT2D eigenvalue weighted by molar-refractivity contribution is -0.142. The number of ether oxygens (including phenoxy) is 1. The summed E-state index contributed by atoms with van der Waals surface area (Å²) in [5.41, 5.74) is 1.60. The predicted molar refractivity (Wildman–Crippen MR) is 78.2 cm³/mol. The highest BCUT2D eigenvalue weighted by Crippen LogP contribution is 2.37. The van der Waals surface area contributed by atoms with Gasteiger partial charge in [0.25, 0.3) is 5.91 Å². The molecule has 0 aromatic heterocycles. The smallest absolute Gasteiger partial charge is 0.326 e. The van der Waals surface area contributed by atoms with Gasteiger partial charge in [-0.15, -0.1) is 0 Å². The lowest BCUT2D eigenvalue weighted by Gasteiger charge is -2.26. The molecular formula is C14H15Cl2NO3. The van der Waals surface area contributed by atoms with Gasteiger partial charge in [-0.05, 0) is 31.4 Å². The number of esters is 1. The number of fused-ring (bicyclic) bond motifs is 1. The molecule has 6 heteroatoms. The molecule has 1 aliphatic rings. The largest absolute Gasteiger partial charge is 0.465 e. The number of amides is 1. The summed E-state index contributed by atoms with van der Waals surface area (Å²) in [7, 11) is 0. The lowest BCUT2D eigenvalue weighted by atomic mass is 10.1. The zero-order valence-corrected chi connectivity index (χ0v) is 12.6. The van der Waals surface area contributed by atoms with E-state index in [0.717, 1.165) is 5.56 Å². The third-order valence-corrected chi connectivity index (χ3v) is 3.84. The van der Waals surface area contributed by atoms with E-state index in [0.29, 0.717) is 18.5 Å². The van der Waals surface area contributed by atoms with Gasteiger partial charge in [-0.1, -0.05) is 41.4 Å². The van der Waals surface area contributed by atoms with Crippen molar-refractivity contribution in [1.29, 1.82) is 0 Å². The van der Waals surface area contributed by atoms with E-state index in [2.05, 4.69) is 0 Å². The Balaban J connectivity index is 2.37.